The number of methoxy groups -OCH3 is 1. The number of para-hydroxylation sites is 2. The van der Waals surface area contributed by atoms with Gasteiger partial charge in [0.25, 0.3) is 0 Å². The second kappa shape index (κ2) is 11.1. The van der Waals surface area contributed by atoms with Crippen molar-refractivity contribution in [3.63, 3.8) is 0 Å². The minimum Gasteiger partial charge on any atom is -0.489 e. The van der Waals surface area contributed by atoms with E-state index in [9.17, 15) is 4.79 Å². The van der Waals surface area contributed by atoms with Crippen LogP contribution >= 0.6 is 0 Å². The lowest BCUT2D eigenvalue weighted by molar-refractivity contribution is -0.114. The van der Waals surface area contributed by atoms with Gasteiger partial charge in [0.1, 0.15) is 12.4 Å². The molecule has 0 bridgehead atoms. The molecule has 1 aromatic rings. The highest BCUT2D eigenvalue weighted by Crippen LogP contribution is 2.23. The number of carbonyl (C=O) groups is 1. The smallest absolute Gasteiger partial charge is 0.221 e. The third kappa shape index (κ3) is 8.29. The Labute approximate surface area is 125 Å². The molecule has 0 aromatic heterocycles. The molecule has 0 aliphatic carbocycles. The van der Waals surface area contributed by atoms with E-state index in [0.29, 0.717) is 51.1 Å². The van der Waals surface area contributed by atoms with Crippen LogP contribution in [0.25, 0.3) is 0 Å². The van der Waals surface area contributed by atoms with Crippen molar-refractivity contribution in [3.8, 4) is 5.75 Å². The summed E-state index contributed by atoms with van der Waals surface area (Å²) < 4.78 is 21.1. The Morgan fingerprint density at radius 2 is 1.62 bits per heavy atom. The summed E-state index contributed by atoms with van der Waals surface area (Å²) in [5.74, 6) is 0.503. The van der Waals surface area contributed by atoms with Crippen LogP contribution < -0.4 is 10.1 Å². The molecule has 6 heteroatoms. The van der Waals surface area contributed by atoms with E-state index in [1.54, 1.807) is 19.2 Å². The van der Waals surface area contributed by atoms with E-state index >= 15 is 0 Å². The van der Waals surface area contributed by atoms with E-state index in [0.717, 1.165) is 0 Å². The van der Waals surface area contributed by atoms with Crippen LogP contribution in [0.3, 0.4) is 0 Å². The number of amides is 1. The lowest BCUT2D eigenvalue weighted by Gasteiger charge is -2.11. The van der Waals surface area contributed by atoms with Crippen LogP contribution in [0.1, 0.15) is 6.92 Å². The van der Waals surface area contributed by atoms with Gasteiger partial charge in [-0.15, -0.1) is 0 Å². The van der Waals surface area contributed by atoms with E-state index < -0.39 is 0 Å². The Balaban J connectivity index is 2.14. The molecule has 1 aromatic carbocycles. The summed E-state index contributed by atoms with van der Waals surface area (Å²) in [5, 5.41) is 2.72. The average Bonchev–Trinajstić information content (AvgIpc) is 2.46. The van der Waals surface area contributed by atoms with Crippen molar-refractivity contribution in [1.29, 1.82) is 0 Å². The van der Waals surface area contributed by atoms with E-state index in [-0.39, 0.29) is 5.91 Å². The topological polar surface area (TPSA) is 66.0 Å². The first kappa shape index (κ1) is 17.4. The Hall–Kier alpha value is -1.63. The highest BCUT2D eigenvalue weighted by molar-refractivity contribution is 5.90. The summed E-state index contributed by atoms with van der Waals surface area (Å²) in [5.41, 5.74) is 0.660. The molecular formula is C15H23NO5. The van der Waals surface area contributed by atoms with Gasteiger partial charge in [0.15, 0.2) is 0 Å². The Morgan fingerprint density at radius 3 is 2.29 bits per heavy atom. The second-order valence-electron chi connectivity index (χ2n) is 4.24. The Kier molecular flexibility index (Phi) is 9.19. The fraction of sp³-hybridized carbons (Fsp3) is 0.533. The number of anilines is 1. The number of nitrogens with one attached hydrogen (secondary N) is 1. The van der Waals surface area contributed by atoms with E-state index in [1.807, 2.05) is 12.1 Å². The van der Waals surface area contributed by atoms with Crippen LogP contribution in [0.15, 0.2) is 24.3 Å². The highest BCUT2D eigenvalue weighted by Gasteiger charge is 2.03. The predicted molar refractivity (Wildman–Crippen MR) is 79.8 cm³/mol. The van der Waals surface area contributed by atoms with Gasteiger partial charge in [0.2, 0.25) is 5.91 Å². The van der Waals surface area contributed by atoms with Crippen molar-refractivity contribution in [3.05, 3.63) is 24.3 Å². The molecule has 1 amide bonds. The number of rotatable bonds is 11. The fourth-order valence-electron chi connectivity index (χ4n) is 1.56. The van der Waals surface area contributed by atoms with Gasteiger partial charge in [-0.25, -0.2) is 0 Å². The molecular weight excluding hydrogens is 274 g/mol. The molecule has 0 spiro atoms. The molecule has 0 unspecified atom stereocenters. The summed E-state index contributed by atoms with van der Waals surface area (Å²) in [7, 11) is 1.63. The van der Waals surface area contributed by atoms with E-state index in [2.05, 4.69) is 5.32 Å². The Bertz CT molecular complexity index is 411. The zero-order valence-corrected chi connectivity index (χ0v) is 12.6. The van der Waals surface area contributed by atoms with Crippen molar-refractivity contribution in [2.75, 3.05) is 52.1 Å². The van der Waals surface area contributed by atoms with Crippen molar-refractivity contribution in [1.82, 2.24) is 0 Å². The molecule has 21 heavy (non-hydrogen) atoms. The van der Waals surface area contributed by atoms with Gasteiger partial charge in [-0.05, 0) is 12.1 Å². The van der Waals surface area contributed by atoms with Gasteiger partial charge in [-0.1, -0.05) is 12.1 Å². The first-order valence-corrected chi connectivity index (χ1v) is 6.88. The minimum absolute atomic E-state index is 0.129. The van der Waals surface area contributed by atoms with Crippen LogP contribution in [0, 0.1) is 0 Å². The first-order chi connectivity index (χ1) is 10.2. The molecule has 6 nitrogen and oxygen atoms in total. The van der Waals surface area contributed by atoms with Crippen molar-refractivity contribution in [2.24, 2.45) is 0 Å². The summed E-state index contributed by atoms with van der Waals surface area (Å²) in [6, 6.07) is 7.29. The van der Waals surface area contributed by atoms with Crippen LogP contribution in [-0.4, -0.2) is 52.7 Å². The predicted octanol–water partition coefficient (Wildman–Crippen LogP) is 1.70. The molecule has 0 heterocycles. The first-order valence-electron chi connectivity index (χ1n) is 6.88. The minimum atomic E-state index is -0.129. The molecule has 0 fully saturated rings. The third-order valence-electron chi connectivity index (χ3n) is 2.49. The summed E-state index contributed by atoms with van der Waals surface area (Å²) in [6.45, 7) is 4.54. The maximum atomic E-state index is 11.1. The van der Waals surface area contributed by atoms with Crippen LogP contribution in [0.2, 0.25) is 0 Å². The number of benzene rings is 1. The lowest BCUT2D eigenvalue weighted by Crippen LogP contribution is -2.13. The normalized spacial score (nSPS) is 10.4. The molecule has 0 saturated heterocycles. The largest absolute Gasteiger partial charge is 0.489 e. The molecule has 1 N–H and O–H groups in total. The molecule has 0 aliphatic heterocycles. The fourth-order valence-corrected chi connectivity index (χ4v) is 1.56. The SMILES string of the molecule is COCCOCCOCCOc1ccccc1NC(C)=O. The number of carbonyl (C=O) groups excluding carboxylic acids is 1. The van der Waals surface area contributed by atoms with Crippen LogP contribution in [0.5, 0.6) is 5.75 Å². The van der Waals surface area contributed by atoms with Gasteiger partial charge in [-0.2, -0.15) is 0 Å². The van der Waals surface area contributed by atoms with Gasteiger partial charge < -0.3 is 24.3 Å². The van der Waals surface area contributed by atoms with E-state index in [1.165, 1.54) is 6.92 Å². The maximum Gasteiger partial charge on any atom is 0.221 e. The standard InChI is InChI=1S/C15H23NO5/c1-13(17)16-14-5-3-4-6-15(14)21-12-11-20-10-9-19-8-7-18-2/h3-6H,7-12H2,1-2H3,(H,16,17). The quantitative estimate of drug-likeness (QED) is 0.630. The highest BCUT2D eigenvalue weighted by atomic mass is 16.6. The zero-order valence-electron chi connectivity index (χ0n) is 12.6. The molecule has 1 rings (SSSR count). The van der Waals surface area contributed by atoms with Gasteiger partial charge in [-0.3, -0.25) is 4.79 Å². The number of ether oxygens (including phenoxy) is 4. The molecule has 0 radical (unpaired) electrons. The summed E-state index contributed by atoms with van der Waals surface area (Å²) in [4.78, 5) is 11.1. The lowest BCUT2D eigenvalue weighted by atomic mass is 10.3. The second-order valence-corrected chi connectivity index (χ2v) is 4.24. The zero-order chi connectivity index (χ0) is 15.3. The molecule has 0 saturated carbocycles. The van der Waals surface area contributed by atoms with Crippen molar-refractivity contribution < 1.29 is 23.7 Å². The van der Waals surface area contributed by atoms with Crippen molar-refractivity contribution >= 4 is 11.6 Å². The number of hydrogen-bond acceptors (Lipinski definition) is 5. The maximum absolute atomic E-state index is 11.1. The van der Waals surface area contributed by atoms with Gasteiger partial charge >= 0.3 is 0 Å². The van der Waals surface area contributed by atoms with Crippen LogP contribution in [0.4, 0.5) is 5.69 Å². The molecule has 0 aliphatic rings. The molecule has 0 atom stereocenters. The van der Waals surface area contributed by atoms with Gasteiger partial charge in [0, 0.05) is 14.0 Å². The summed E-state index contributed by atoms with van der Waals surface area (Å²) in [6.07, 6.45) is 0. The van der Waals surface area contributed by atoms with Crippen molar-refractivity contribution in [2.45, 2.75) is 6.92 Å². The Morgan fingerprint density at radius 1 is 1.00 bits per heavy atom. The average molecular weight is 297 g/mol. The van der Waals surface area contributed by atoms with E-state index in [4.69, 9.17) is 18.9 Å². The molecule has 118 valence electrons. The monoisotopic (exact) mass is 297 g/mol. The van der Waals surface area contributed by atoms with Crippen LogP contribution in [-0.2, 0) is 19.0 Å². The number of hydrogen-bond donors (Lipinski definition) is 1. The van der Waals surface area contributed by atoms with Gasteiger partial charge in [0.05, 0.1) is 38.7 Å². The summed E-state index contributed by atoms with van der Waals surface area (Å²) >= 11 is 0. The third-order valence-corrected chi connectivity index (χ3v) is 2.49.